The number of hydrogen-bond acceptors (Lipinski definition) is 2. The Labute approximate surface area is 424 Å². The fraction of sp³-hybridized carbons (Fsp3) is 0.257. The summed E-state index contributed by atoms with van der Waals surface area (Å²) in [5, 5.41) is 4.75. The average molecular weight is 932 g/mol. The fourth-order valence-electron chi connectivity index (χ4n) is 15.9. The van der Waals surface area contributed by atoms with Gasteiger partial charge in [0.1, 0.15) is 11.2 Å². The largest absolute Gasteiger partial charge is 0.456 e. The van der Waals surface area contributed by atoms with Crippen LogP contribution in [0.3, 0.4) is 0 Å². The van der Waals surface area contributed by atoms with Gasteiger partial charge in [0.25, 0.3) is 0 Å². The standard InChI is InChI=1S/C70H61NO/c1-67(2,3)47-35-46(36-48(38-47)68(4,5)6)52-20-13-15-44-16-14-21-58(66(44)52)55-18-8-11-23-61(55)71(51-30-32-57-56-19-9-12-24-62(56)72-63(57)40-51)50-28-25-43(26-29-50)45-27-31-54-53-17-7-10-22-59(53)70(60(54)37-45)64-34-42-33-49-39-65(70)69(49,64)41-42/h7-32,35-38,40,42,49,64-65H,33-34,39,41H2,1-6H3. The van der Waals surface area contributed by atoms with Crippen LogP contribution in [0.4, 0.5) is 17.1 Å². The van der Waals surface area contributed by atoms with Gasteiger partial charge in [0.15, 0.2) is 0 Å². The van der Waals surface area contributed by atoms with Crippen molar-refractivity contribution in [1.29, 1.82) is 0 Å². The first kappa shape index (κ1) is 42.5. The molecule has 0 N–H and O–H groups in total. The van der Waals surface area contributed by atoms with E-state index >= 15 is 0 Å². The SMILES string of the molecule is CC(C)(C)c1cc(-c2cccc3cccc(-c4ccccc4N(c4ccc(-c5ccc6c(c5)C5(c7ccccc7-6)C6CC7CC8CC5C86C7)cc4)c4ccc5c(c4)oc4ccccc45)c23)cc(C(C)(C)C)c1. The van der Waals surface area contributed by atoms with Gasteiger partial charge in [-0.25, -0.2) is 0 Å². The zero-order valence-electron chi connectivity index (χ0n) is 42.4. The molecule has 9 aromatic carbocycles. The highest BCUT2D eigenvalue weighted by Crippen LogP contribution is 2.89. The summed E-state index contributed by atoms with van der Waals surface area (Å²) in [6.07, 6.45) is 5.81. The van der Waals surface area contributed by atoms with Crippen molar-refractivity contribution in [1.82, 2.24) is 0 Å². The van der Waals surface area contributed by atoms with Crippen molar-refractivity contribution in [2.45, 2.75) is 83.5 Å². The lowest BCUT2D eigenvalue weighted by atomic mass is 9.27. The van der Waals surface area contributed by atoms with E-state index in [0.29, 0.717) is 5.41 Å². The molecule has 2 heteroatoms. The monoisotopic (exact) mass is 931 g/mol. The molecule has 10 aromatic rings. The lowest BCUT2D eigenvalue weighted by molar-refractivity contribution is -0.231. The maximum absolute atomic E-state index is 6.61. The molecule has 6 unspecified atom stereocenters. The molecule has 5 aliphatic rings. The van der Waals surface area contributed by atoms with Gasteiger partial charge in [-0.3, -0.25) is 0 Å². The summed E-state index contributed by atoms with van der Waals surface area (Å²) in [4.78, 5) is 2.45. The number of fused-ring (bicyclic) bond motifs is 12. The Kier molecular flexibility index (Phi) is 8.70. The van der Waals surface area contributed by atoms with Gasteiger partial charge in [-0.15, -0.1) is 0 Å². The van der Waals surface area contributed by atoms with E-state index in [2.05, 4.69) is 234 Å². The van der Waals surface area contributed by atoms with Crippen LogP contribution in [0.5, 0.6) is 0 Å². The topological polar surface area (TPSA) is 16.4 Å². The summed E-state index contributed by atoms with van der Waals surface area (Å²) in [7, 11) is 0. The molecular weight excluding hydrogens is 871 g/mol. The number of hydrogen-bond donors (Lipinski definition) is 0. The van der Waals surface area contributed by atoms with Gasteiger partial charge in [-0.05, 0) is 180 Å². The van der Waals surface area contributed by atoms with Gasteiger partial charge in [-0.1, -0.05) is 181 Å². The van der Waals surface area contributed by atoms with Crippen molar-refractivity contribution in [2.75, 3.05) is 4.90 Å². The van der Waals surface area contributed by atoms with E-state index in [9.17, 15) is 0 Å². The number of furan rings is 1. The molecule has 72 heavy (non-hydrogen) atoms. The van der Waals surface area contributed by atoms with Crippen molar-refractivity contribution in [2.24, 2.45) is 29.1 Å². The molecule has 6 atom stereocenters. The molecule has 1 heterocycles. The second-order valence-electron chi connectivity index (χ2n) is 24.6. The molecule has 2 bridgehead atoms. The first-order chi connectivity index (χ1) is 34.9. The smallest absolute Gasteiger partial charge is 0.137 e. The Bertz CT molecular complexity index is 3860. The van der Waals surface area contributed by atoms with Crippen LogP contribution in [0.15, 0.2) is 192 Å². The third-order valence-corrected chi connectivity index (χ3v) is 19.0. The highest BCUT2D eigenvalue weighted by Gasteiger charge is 2.84. The molecule has 2 nitrogen and oxygen atoms in total. The first-order valence-electron chi connectivity index (χ1n) is 26.7. The van der Waals surface area contributed by atoms with Crippen molar-refractivity contribution in [3.8, 4) is 44.5 Å². The Morgan fingerprint density at radius 3 is 1.88 bits per heavy atom. The van der Waals surface area contributed by atoms with Crippen molar-refractivity contribution < 1.29 is 4.42 Å². The zero-order valence-corrected chi connectivity index (χ0v) is 42.4. The second kappa shape index (κ2) is 14.7. The number of rotatable bonds is 6. The molecule has 4 saturated carbocycles. The van der Waals surface area contributed by atoms with Gasteiger partial charge in [-0.2, -0.15) is 0 Å². The van der Waals surface area contributed by atoms with E-state index in [0.717, 1.165) is 62.7 Å². The average Bonchev–Trinajstić information content (AvgIpc) is 4.13. The van der Waals surface area contributed by atoms with E-state index in [1.54, 1.807) is 11.1 Å². The van der Waals surface area contributed by atoms with Crippen molar-refractivity contribution in [3.05, 3.63) is 210 Å². The van der Waals surface area contributed by atoms with E-state index < -0.39 is 0 Å². The number of anilines is 3. The molecule has 0 amide bonds. The first-order valence-corrected chi connectivity index (χ1v) is 26.7. The van der Waals surface area contributed by atoms with Gasteiger partial charge < -0.3 is 9.32 Å². The molecule has 5 aliphatic carbocycles. The molecule has 1 aromatic heterocycles. The minimum atomic E-state index is -0.00298. The predicted octanol–water partition coefficient (Wildman–Crippen LogP) is 19.1. The van der Waals surface area contributed by atoms with E-state index in [4.69, 9.17) is 4.42 Å². The highest BCUT2D eigenvalue weighted by molar-refractivity contribution is 6.10. The van der Waals surface area contributed by atoms with Gasteiger partial charge in [0.2, 0.25) is 0 Å². The number of para-hydroxylation sites is 2. The molecule has 0 aliphatic heterocycles. The molecule has 0 radical (unpaired) electrons. The summed E-state index contributed by atoms with van der Waals surface area (Å²) >= 11 is 0. The van der Waals surface area contributed by atoms with Crippen LogP contribution in [0.25, 0.3) is 77.2 Å². The molecule has 15 rings (SSSR count). The van der Waals surface area contributed by atoms with Crippen LogP contribution >= 0.6 is 0 Å². The molecule has 4 fully saturated rings. The quantitative estimate of drug-likeness (QED) is 0.165. The Hall–Kier alpha value is -7.16. The Morgan fingerprint density at radius 2 is 1.10 bits per heavy atom. The zero-order chi connectivity index (χ0) is 48.5. The van der Waals surface area contributed by atoms with Crippen LogP contribution in [0, 0.1) is 29.1 Å². The maximum atomic E-state index is 6.61. The lowest BCUT2D eigenvalue weighted by Crippen LogP contribution is -2.73. The molecule has 2 spiro atoms. The van der Waals surface area contributed by atoms with Gasteiger partial charge in [0, 0.05) is 39.2 Å². The van der Waals surface area contributed by atoms with Crippen LogP contribution in [-0.2, 0) is 16.2 Å². The van der Waals surface area contributed by atoms with Crippen molar-refractivity contribution >= 4 is 49.8 Å². The van der Waals surface area contributed by atoms with Crippen molar-refractivity contribution in [3.63, 3.8) is 0 Å². The summed E-state index contributed by atoms with van der Waals surface area (Å²) in [6.45, 7) is 14.0. The summed E-state index contributed by atoms with van der Waals surface area (Å²) in [6, 6.07) is 71.5. The van der Waals surface area contributed by atoms with E-state index in [1.165, 1.54) is 92.1 Å². The third kappa shape index (κ3) is 5.73. The Balaban J connectivity index is 0.884. The second-order valence-corrected chi connectivity index (χ2v) is 24.6. The van der Waals surface area contributed by atoms with Gasteiger partial charge >= 0.3 is 0 Å². The maximum Gasteiger partial charge on any atom is 0.137 e. The van der Waals surface area contributed by atoms with Crippen LogP contribution in [0.2, 0.25) is 0 Å². The summed E-state index contributed by atoms with van der Waals surface area (Å²) in [5.41, 5.74) is 22.2. The fourth-order valence-corrected chi connectivity index (χ4v) is 15.9. The Morgan fingerprint density at radius 1 is 0.458 bits per heavy atom. The van der Waals surface area contributed by atoms with E-state index in [1.807, 2.05) is 0 Å². The molecular formula is C70H61NO. The minimum absolute atomic E-state index is 0.00298. The molecule has 352 valence electrons. The normalized spacial score (nSPS) is 23.3. The van der Waals surface area contributed by atoms with Crippen LogP contribution in [-0.4, -0.2) is 0 Å². The third-order valence-electron chi connectivity index (χ3n) is 19.0. The van der Waals surface area contributed by atoms with Crippen LogP contribution < -0.4 is 4.90 Å². The number of benzene rings is 9. The number of nitrogens with zero attached hydrogens (tertiary/aromatic N) is 1. The predicted molar refractivity (Wildman–Crippen MR) is 301 cm³/mol. The molecule has 0 saturated heterocycles. The summed E-state index contributed by atoms with van der Waals surface area (Å²) < 4.78 is 6.61. The lowest BCUT2D eigenvalue weighted by Gasteiger charge is -2.76. The minimum Gasteiger partial charge on any atom is -0.456 e. The van der Waals surface area contributed by atoms with Gasteiger partial charge in [0.05, 0.1) is 5.69 Å². The summed E-state index contributed by atoms with van der Waals surface area (Å²) in [5.74, 6) is 3.49. The highest BCUT2D eigenvalue weighted by atomic mass is 16.3. The van der Waals surface area contributed by atoms with Crippen LogP contribution in [0.1, 0.15) is 89.5 Å². The van der Waals surface area contributed by atoms with E-state index in [-0.39, 0.29) is 16.2 Å².